The fourth-order valence-corrected chi connectivity index (χ4v) is 1.26. The molecule has 0 unspecified atom stereocenters. The van der Waals surface area contributed by atoms with Crippen molar-refractivity contribution in [2.45, 2.75) is 33.0 Å². The fourth-order valence-electron chi connectivity index (χ4n) is 1.26. The number of benzene rings is 1. The minimum Gasteiger partial charge on any atom is -0.493 e. The minimum atomic E-state index is -0.794. The first-order valence-corrected chi connectivity index (χ1v) is 5.54. The number of carbonyl (C=O) groups excluding carboxylic acids is 1. The van der Waals surface area contributed by atoms with Crippen molar-refractivity contribution in [3.8, 4) is 11.5 Å². The van der Waals surface area contributed by atoms with Crippen molar-refractivity contribution in [2.24, 2.45) is 0 Å². The van der Waals surface area contributed by atoms with Gasteiger partial charge in [-0.3, -0.25) is 0 Å². The Morgan fingerprint density at radius 2 is 1.94 bits per heavy atom. The molecule has 0 amide bonds. The van der Waals surface area contributed by atoms with Gasteiger partial charge < -0.3 is 19.3 Å². The van der Waals surface area contributed by atoms with Gasteiger partial charge in [-0.05, 0) is 38.5 Å². The van der Waals surface area contributed by atoms with Crippen LogP contribution in [-0.4, -0.2) is 24.0 Å². The van der Waals surface area contributed by atoms with Crippen LogP contribution in [-0.2, 0) is 11.3 Å². The zero-order valence-corrected chi connectivity index (χ0v) is 11.0. The molecule has 0 aromatic heterocycles. The molecule has 0 fully saturated rings. The summed E-state index contributed by atoms with van der Waals surface area (Å²) in [5, 5.41) is 9.00. The Hall–Kier alpha value is -1.75. The van der Waals surface area contributed by atoms with Gasteiger partial charge in [-0.2, -0.15) is 0 Å². The molecule has 0 aliphatic heterocycles. The van der Waals surface area contributed by atoms with Gasteiger partial charge in [-0.25, -0.2) is 4.79 Å². The van der Waals surface area contributed by atoms with Crippen LogP contribution in [0.4, 0.5) is 4.79 Å². The van der Waals surface area contributed by atoms with E-state index in [1.807, 2.05) is 0 Å². The summed E-state index contributed by atoms with van der Waals surface area (Å²) < 4.78 is 15.2. The molecule has 5 nitrogen and oxygen atoms in total. The standard InChI is InChI=1S/C13H18O5/c1-13(2,3)18-12(15)17-10-6-5-9(8-14)7-11(10)16-4/h5-7,14H,8H2,1-4H3. The largest absolute Gasteiger partial charge is 0.514 e. The van der Waals surface area contributed by atoms with E-state index in [2.05, 4.69) is 0 Å². The van der Waals surface area contributed by atoms with E-state index < -0.39 is 11.8 Å². The van der Waals surface area contributed by atoms with Gasteiger partial charge in [0.25, 0.3) is 0 Å². The highest BCUT2D eigenvalue weighted by Gasteiger charge is 2.19. The molecule has 0 aliphatic carbocycles. The number of ether oxygens (including phenoxy) is 3. The van der Waals surface area contributed by atoms with Crippen molar-refractivity contribution in [3.63, 3.8) is 0 Å². The van der Waals surface area contributed by atoms with Crippen LogP contribution in [0.1, 0.15) is 26.3 Å². The van der Waals surface area contributed by atoms with Gasteiger partial charge in [0.1, 0.15) is 5.60 Å². The first-order chi connectivity index (χ1) is 8.35. The normalized spacial score (nSPS) is 10.9. The third-order valence-electron chi connectivity index (χ3n) is 1.99. The van der Waals surface area contributed by atoms with Gasteiger partial charge in [0, 0.05) is 0 Å². The number of rotatable bonds is 3. The van der Waals surface area contributed by atoms with E-state index in [4.69, 9.17) is 19.3 Å². The van der Waals surface area contributed by atoms with E-state index in [0.717, 1.165) is 0 Å². The SMILES string of the molecule is COc1cc(CO)ccc1OC(=O)OC(C)(C)C. The Morgan fingerprint density at radius 3 is 2.44 bits per heavy atom. The van der Waals surface area contributed by atoms with E-state index in [0.29, 0.717) is 11.3 Å². The van der Waals surface area contributed by atoms with E-state index >= 15 is 0 Å². The maximum Gasteiger partial charge on any atom is 0.514 e. The highest BCUT2D eigenvalue weighted by atomic mass is 16.7. The van der Waals surface area contributed by atoms with Crippen molar-refractivity contribution in [1.29, 1.82) is 0 Å². The van der Waals surface area contributed by atoms with Crippen LogP contribution in [0.15, 0.2) is 18.2 Å². The van der Waals surface area contributed by atoms with E-state index in [9.17, 15) is 4.79 Å². The van der Waals surface area contributed by atoms with Crippen molar-refractivity contribution < 1.29 is 24.1 Å². The van der Waals surface area contributed by atoms with Gasteiger partial charge in [0.2, 0.25) is 0 Å². The van der Waals surface area contributed by atoms with E-state index in [1.54, 1.807) is 39.0 Å². The maximum atomic E-state index is 11.5. The molecule has 0 atom stereocenters. The summed E-state index contributed by atoms with van der Waals surface area (Å²) >= 11 is 0. The van der Waals surface area contributed by atoms with Crippen LogP contribution >= 0.6 is 0 Å². The number of hydrogen-bond acceptors (Lipinski definition) is 5. The molecular formula is C13H18O5. The Morgan fingerprint density at radius 1 is 1.28 bits per heavy atom. The molecule has 0 spiro atoms. The minimum absolute atomic E-state index is 0.108. The van der Waals surface area contributed by atoms with E-state index in [1.165, 1.54) is 7.11 Å². The third kappa shape index (κ3) is 4.25. The highest BCUT2D eigenvalue weighted by molar-refractivity contribution is 5.66. The van der Waals surface area contributed by atoms with Crippen LogP contribution in [0.2, 0.25) is 0 Å². The molecule has 0 aliphatic rings. The Balaban J connectivity index is 2.81. The van der Waals surface area contributed by atoms with Gasteiger partial charge in [0.05, 0.1) is 13.7 Å². The molecule has 1 aromatic carbocycles. The number of hydrogen-bond donors (Lipinski definition) is 1. The van der Waals surface area contributed by atoms with Crippen LogP contribution in [0.5, 0.6) is 11.5 Å². The van der Waals surface area contributed by atoms with Gasteiger partial charge in [-0.15, -0.1) is 0 Å². The predicted octanol–water partition coefficient (Wildman–Crippen LogP) is 2.50. The lowest BCUT2D eigenvalue weighted by molar-refractivity contribution is 0.0201. The molecule has 0 radical (unpaired) electrons. The summed E-state index contributed by atoms with van der Waals surface area (Å²) in [7, 11) is 1.46. The van der Waals surface area contributed by atoms with Crippen molar-refractivity contribution in [3.05, 3.63) is 23.8 Å². The molecule has 1 rings (SSSR count). The Bertz CT molecular complexity index is 420. The summed E-state index contributed by atoms with van der Waals surface area (Å²) in [6.45, 7) is 5.14. The highest BCUT2D eigenvalue weighted by Crippen LogP contribution is 2.28. The Kier molecular flexibility index (Phi) is 4.55. The zero-order valence-electron chi connectivity index (χ0n) is 11.0. The lowest BCUT2D eigenvalue weighted by Crippen LogP contribution is -2.26. The summed E-state index contributed by atoms with van der Waals surface area (Å²) in [6.07, 6.45) is -0.794. The molecule has 100 valence electrons. The molecule has 0 saturated heterocycles. The monoisotopic (exact) mass is 254 g/mol. The van der Waals surface area contributed by atoms with Gasteiger partial charge >= 0.3 is 6.16 Å². The van der Waals surface area contributed by atoms with Crippen LogP contribution in [0, 0.1) is 0 Å². The van der Waals surface area contributed by atoms with Crippen LogP contribution in [0.3, 0.4) is 0 Å². The molecule has 0 saturated carbocycles. The predicted molar refractivity (Wildman–Crippen MR) is 65.8 cm³/mol. The quantitative estimate of drug-likeness (QED) is 0.663. The average Bonchev–Trinajstić information content (AvgIpc) is 2.27. The van der Waals surface area contributed by atoms with Crippen molar-refractivity contribution in [1.82, 2.24) is 0 Å². The fraction of sp³-hybridized carbons (Fsp3) is 0.462. The molecule has 1 aromatic rings. The average molecular weight is 254 g/mol. The van der Waals surface area contributed by atoms with Crippen molar-refractivity contribution >= 4 is 6.16 Å². The number of carbonyl (C=O) groups is 1. The first-order valence-electron chi connectivity index (χ1n) is 5.54. The summed E-state index contributed by atoms with van der Waals surface area (Å²) in [6, 6.07) is 4.79. The molecule has 0 heterocycles. The topological polar surface area (TPSA) is 65.0 Å². The first kappa shape index (κ1) is 14.3. The number of methoxy groups -OCH3 is 1. The Labute approximate surface area is 106 Å². The summed E-state index contributed by atoms with van der Waals surface area (Å²) in [5.74, 6) is 0.622. The molecular weight excluding hydrogens is 236 g/mol. The molecule has 5 heteroatoms. The lowest BCUT2D eigenvalue weighted by atomic mass is 10.2. The summed E-state index contributed by atoms with van der Waals surface area (Å²) in [4.78, 5) is 11.5. The van der Waals surface area contributed by atoms with Crippen LogP contribution < -0.4 is 9.47 Å². The zero-order chi connectivity index (χ0) is 13.8. The number of aliphatic hydroxyl groups excluding tert-OH is 1. The van der Waals surface area contributed by atoms with Gasteiger partial charge in [-0.1, -0.05) is 6.07 Å². The molecule has 18 heavy (non-hydrogen) atoms. The third-order valence-corrected chi connectivity index (χ3v) is 1.99. The lowest BCUT2D eigenvalue weighted by Gasteiger charge is -2.19. The van der Waals surface area contributed by atoms with Gasteiger partial charge in [0.15, 0.2) is 11.5 Å². The summed E-state index contributed by atoms with van der Waals surface area (Å²) in [5.41, 5.74) is 0.0541. The second-order valence-corrected chi connectivity index (χ2v) is 4.71. The van der Waals surface area contributed by atoms with Crippen LogP contribution in [0.25, 0.3) is 0 Å². The molecule has 0 bridgehead atoms. The molecule has 1 N–H and O–H groups in total. The second-order valence-electron chi connectivity index (χ2n) is 4.71. The smallest absolute Gasteiger partial charge is 0.493 e. The maximum absolute atomic E-state index is 11.5. The van der Waals surface area contributed by atoms with E-state index in [-0.39, 0.29) is 12.4 Å². The number of aliphatic hydroxyl groups is 1. The van der Waals surface area contributed by atoms with Crippen molar-refractivity contribution in [2.75, 3.05) is 7.11 Å². The second kappa shape index (κ2) is 5.73.